The number of carbonyl (C=O) groups is 1. The average Bonchev–Trinajstić information content (AvgIpc) is 3.15. The van der Waals surface area contributed by atoms with E-state index in [0.717, 1.165) is 30.4 Å². The summed E-state index contributed by atoms with van der Waals surface area (Å²) in [6, 6.07) is 8.67. The summed E-state index contributed by atoms with van der Waals surface area (Å²) < 4.78 is 32.6. The van der Waals surface area contributed by atoms with Crippen LogP contribution in [0, 0.1) is 11.6 Å². The molecule has 0 radical (unpaired) electrons. The molecule has 0 spiro atoms. The summed E-state index contributed by atoms with van der Waals surface area (Å²) in [6.07, 6.45) is -0.200. The Bertz CT molecular complexity index is 839. The third-order valence-electron chi connectivity index (χ3n) is 4.79. The molecule has 0 aliphatic carbocycles. The van der Waals surface area contributed by atoms with Gasteiger partial charge in [0.15, 0.2) is 0 Å². The number of cyclic esters (lactones) is 1. The van der Waals surface area contributed by atoms with E-state index in [0.29, 0.717) is 24.1 Å². The van der Waals surface area contributed by atoms with Crippen molar-refractivity contribution in [3.63, 3.8) is 0 Å². The van der Waals surface area contributed by atoms with Gasteiger partial charge in [-0.05, 0) is 42.3 Å². The molecule has 2 atom stereocenters. The summed E-state index contributed by atoms with van der Waals surface area (Å²) in [4.78, 5) is 14.2. The lowest BCUT2D eigenvalue weighted by Gasteiger charge is -2.18. The molecule has 4 nitrogen and oxygen atoms in total. The van der Waals surface area contributed by atoms with Crippen molar-refractivity contribution in [3.8, 4) is 0 Å². The van der Waals surface area contributed by atoms with Gasteiger partial charge in [-0.2, -0.15) is 0 Å². The summed E-state index contributed by atoms with van der Waals surface area (Å²) >= 11 is 0. The third-order valence-corrected chi connectivity index (χ3v) is 4.79. The van der Waals surface area contributed by atoms with Gasteiger partial charge in [0.1, 0.15) is 17.7 Å². The Labute approximate surface area is 143 Å². The smallest absolute Gasteiger partial charge is 0.339 e. The highest BCUT2D eigenvalue weighted by Gasteiger charge is 2.33. The first-order valence-electron chi connectivity index (χ1n) is 8.23. The van der Waals surface area contributed by atoms with Crippen LogP contribution in [0.15, 0.2) is 36.4 Å². The number of hydrogen-bond acceptors (Lipinski definition) is 4. The number of ether oxygens (including phenoxy) is 1. The normalized spacial score (nSPS) is 22.2. The third kappa shape index (κ3) is 2.98. The number of fused-ring (bicyclic) bond motifs is 1. The van der Waals surface area contributed by atoms with Crippen molar-refractivity contribution >= 4 is 11.7 Å². The maximum absolute atomic E-state index is 13.9. The largest absolute Gasteiger partial charge is 0.453 e. The lowest BCUT2D eigenvalue weighted by molar-refractivity contribution is 0.0385. The summed E-state index contributed by atoms with van der Waals surface area (Å²) in [5.74, 6) is -1.50. The number of β-amino-alcohol motifs (C(OH)–C–C–N with tert-alkyl or cyclic N) is 1. The number of hydrogen-bond donors (Lipinski definition) is 1. The lowest BCUT2D eigenvalue weighted by atomic mass is 9.98. The molecular weight excluding hydrogens is 328 g/mol. The topological polar surface area (TPSA) is 49.8 Å². The molecule has 2 aromatic rings. The molecule has 1 saturated heterocycles. The molecule has 2 aromatic carbocycles. The van der Waals surface area contributed by atoms with Crippen LogP contribution in [0.5, 0.6) is 0 Å². The van der Waals surface area contributed by atoms with E-state index in [1.807, 2.05) is 11.0 Å². The summed E-state index contributed by atoms with van der Waals surface area (Å²) in [7, 11) is 0. The number of anilines is 1. The van der Waals surface area contributed by atoms with Gasteiger partial charge in [0.25, 0.3) is 0 Å². The standard InChI is InChI=1S/C19H17F2NO3/c20-12-1-4-17(21)11(7-12)8-18-15-3-2-13(9-16(15)19(24)25-18)22-6-5-14(23)10-22/h1-4,7,9,14,18,23H,5-6,8,10H2/t14-,18?/m1/s1. The molecule has 2 heterocycles. The number of nitrogens with zero attached hydrogens (tertiary/aromatic N) is 1. The number of aliphatic hydroxyl groups is 1. The van der Waals surface area contributed by atoms with Crippen molar-refractivity contribution in [2.24, 2.45) is 0 Å². The van der Waals surface area contributed by atoms with Gasteiger partial charge in [-0.1, -0.05) is 6.07 Å². The minimum absolute atomic E-state index is 0.0874. The predicted molar refractivity (Wildman–Crippen MR) is 87.5 cm³/mol. The zero-order valence-corrected chi connectivity index (χ0v) is 13.4. The first kappa shape index (κ1) is 16.0. The molecule has 0 saturated carbocycles. The molecule has 6 heteroatoms. The highest BCUT2D eigenvalue weighted by atomic mass is 19.1. The first-order chi connectivity index (χ1) is 12.0. The Balaban J connectivity index is 1.61. The fourth-order valence-corrected chi connectivity index (χ4v) is 3.48. The van der Waals surface area contributed by atoms with Crippen LogP contribution in [0.25, 0.3) is 0 Å². The van der Waals surface area contributed by atoms with E-state index in [4.69, 9.17) is 4.74 Å². The van der Waals surface area contributed by atoms with Crippen molar-refractivity contribution in [1.29, 1.82) is 0 Å². The second-order valence-corrected chi connectivity index (χ2v) is 6.49. The maximum Gasteiger partial charge on any atom is 0.339 e. The highest BCUT2D eigenvalue weighted by molar-refractivity contribution is 5.95. The summed E-state index contributed by atoms with van der Waals surface area (Å²) in [5, 5.41) is 9.66. The second-order valence-electron chi connectivity index (χ2n) is 6.49. The van der Waals surface area contributed by atoms with Gasteiger partial charge in [-0.15, -0.1) is 0 Å². The monoisotopic (exact) mass is 345 g/mol. The van der Waals surface area contributed by atoms with Crippen molar-refractivity contribution in [2.45, 2.75) is 25.0 Å². The SMILES string of the molecule is O=C1OC(Cc2cc(F)ccc2F)c2ccc(N3CC[C@@H](O)C3)cc21. The Morgan fingerprint density at radius 2 is 2.04 bits per heavy atom. The Kier molecular flexibility index (Phi) is 3.92. The minimum Gasteiger partial charge on any atom is -0.453 e. The van der Waals surface area contributed by atoms with E-state index < -0.39 is 23.7 Å². The molecule has 1 fully saturated rings. The van der Waals surface area contributed by atoms with E-state index in [1.165, 1.54) is 0 Å². The highest BCUT2D eigenvalue weighted by Crippen LogP contribution is 2.36. The molecule has 130 valence electrons. The van der Waals surface area contributed by atoms with E-state index >= 15 is 0 Å². The number of esters is 1. The van der Waals surface area contributed by atoms with Crippen molar-refractivity contribution in [3.05, 3.63) is 64.7 Å². The zero-order valence-electron chi connectivity index (χ0n) is 13.4. The van der Waals surface area contributed by atoms with Gasteiger partial charge in [-0.25, -0.2) is 13.6 Å². The van der Waals surface area contributed by atoms with Crippen LogP contribution in [0.1, 0.15) is 34.0 Å². The zero-order chi connectivity index (χ0) is 17.6. The first-order valence-corrected chi connectivity index (χ1v) is 8.23. The summed E-state index contributed by atoms with van der Waals surface area (Å²) in [6.45, 7) is 1.26. The van der Waals surface area contributed by atoms with Crippen molar-refractivity contribution in [2.75, 3.05) is 18.0 Å². The number of rotatable bonds is 3. The van der Waals surface area contributed by atoms with E-state index in [-0.39, 0.29) is 18.1 Å². The van der Waals surface area contributed by atoms with Crippen LogP contribution >= 0.6 is 0 Å². The van der Waals surface area contributed by atoms with Gasteiger partial charge in [0, 0.05) is 30.8 Å². The van der Waals surface area contributed by atoms with Crippen LogP contribution in [0.2, 0.25) is 0 Å². The molecular formula is C19H17F2NO3. The van der Waals surface area contributed by atoms with Crippen molar-refractivity contribution in [1.82, 2.24) is 0 Å². The van der Waals surface area contributed by atoms with Crippen LogP contribution in [0.4, 0.5) is 14.5 Å². The molecule has 0 amide bonds. The van der Waals surface area contributed by atoms with Gasteiger partial charge in [-0.3, -0.25) is 0 Å². The Hall–Kier alpha value is -2.47. The van der Waals surface area contributed by atoms with Gasteiger partial charge in [0.2, 0.25) is 0 Å². The number of benzene rings is 2. The second kappa shape index (κ2) is 6.11. The quantitative estimate of drug-likeness (QED) is 0.869. The fourth-order valence-electron chi connectivity index (χ4n) is 3.48. The van der Waals surface area contributed by atoms with Crippen LogP contribution in [-0.2, 0) is 11.2 Å². The van der Waals surface area contributed by atoms with Gasteiger partial charge >= 0.3 is 5.97 Å². The minimum atomic E-state index is -0.628. The molecule has 2 aliphatic heterocycles. The van der Waals surface area contributed by atoms with Crippen LogP contribution in [-0.4, -0.2) is 30.3 Å². The average molecular weight is 345 g/mol. The molecule has 4 rings (SSSR count). The number of carbonyl (C=O) groups excluding carboxylic acids is 1. The van der Waals surface area contributed by atoms with E-state index in [1.54, 1.807) is 12.1 Å². The predicted octanol–water partition coefficient (Wildman–Crippen LogP) is 2.99. The lowest BCUT2D eigenvalue weighted by Crippen LogP contribution is -2.21. The van der Waals surface area contributed by atoms with Crippen LogP contribution < -0.4 is 4.90 Å². The maximum atomic E-state index is 13.9. The van der Waals surface area contributed by atoms with Crippen molar-refractivity contribution < 1.29 is 23.4 Å². The van der Waals surface area contributed by atoms with Gasteiger partial charge in [0.05, 0.1) is 11.7 Å². The Morgan fingerprint density at radius 3 is 2.80 bits per heavy atom. The van der Waals surface area contributed by atoms with Crippen LogP contribution in [0.3, 0.4) is 0 Å². The molecule has 1 N–H and O–H groups in total. The van der Waals surface area contributed by atoms with Gasteiger partial charge < -0.3 is 14.7 Å². The van der Waals surface area contributed by atoms with E-state index in [9.17, 15) is 18.7 Å². The number of aliphatic hydroxyl groups excluding tert-OH is 1. The molecule has 0 aromatic heterocycles. The molecule has 2 aliphatic rings. The van der Waals surface area contributed by atoms with E-state index in [2.05, 4.69) is 0 Å². The number of halogens is 2. The molecule has 0 bridgehead atoms. The summed E-state index contributed by atoms with van der Waals surface area (Å²) in [5.41, 5.74) is 2.15. The molecule has 25 heavy (non-hydrogen) atoms. The fraction of sp³-hybridized carbons (Fsp3) is 0.316. The Morgan fingerprint density at radius 1 is 1.20 bits per heavy atom. The molecule has 1 unspecified atom stereocenters.